The molecule has 0 saturated carbocycles. The van der Waals surface area contributed by atoms with E-state index in [1.165, 1.54) is 28.5 Å². The van der Waals surface area contributed by atoms with E-state index in [9.17, 15) is 19.8 Å². The highest BCUT2D eigenvalue weighted by molar-refractivity contribution is 5.83. The van der Waals surface area contributed by atoms with E-state index < -0.39 is 17.4 Å². The van der Waals surface area contributed by atoms with Crippen molar-refractivity contribution >= 4 is 23.3 Å². The van der Waals surface area contributed by atoms with Crippen molar-refractivity contribution in [2.24, 2.45) is 12.1 Å². The highest BCUT2D eigenvalue weighted by Crippen LogP contribution is 2.19. The molecule has 2 aromatic heterocycles. The van der Waals surface area contributed by atoms with Gasteiger partial charge < -0.3 is 24.3 Å². The fourth-order valence-corrected chi connectivity index (χ4v) is 3.38. The molecule has 2 aromatic carbocycles. The number of hydrogen-bond acceptors (Lipinski definition) is 9. The van der Waals surface area contributed by atoms with Crippen molar-refractivity contribution in [3.63, 3.8) is 0 Å². The van der Waals surface area contributed by atoms with Gasteiger partial charge in [0.15, 0.2) is 11.2 Å². The molecule has 0 fully saturated rings. The lowest BCUT2D eigenvalue weighted by atomic mass is 10.2. The van der Waals surface area contributed by atoms with E-state index in [0.29, 0.717) is 17.1 Å². The van der Waals surface area contributed by atoms with Crippen LogP contribution in [0.15, 0.2) is 63.2 Å². The number of para-hydroxylation sites is 1. The lowest BCUT2D eigenvalue weighted by Gasteiger charge is -2.15. The number of hydrogen-bond donors (Lipinski definition) is 4. The largest absolute Gasteiger partial charge is 0.507 e. The molecule has 0 bridgehead atoms. The topological polar surface area (TPSA) is 156 Å². The Balaban J connectivity index is 1.60. The summed E-state index contributed by atoms with van der Waals surface area (Å²) in [4.78, 5) is 31.2. The average Bonchev–Trinajstić information content (AvgIpc) is 3.21. The van der Waals surface area contributed by atoms with Gasteiger partial charge in [-0.15, -0.1) is 0 Å². The van der Waals surface area contributed by atoms with E-state index in [4.69, 9.17) is 9.47 Å². The van der Waals surface area contributed by atoms with E-state index in [2.05, 4.69) is 20.5 Å². The second kappa shape index (κ2) is 10.1. The molecular weight excluding hydrogens is 456 g/mol. The maximum absolute atomic E-state index is 12.6. The van der Waals surface area contributed by atoms with E-state index in [-0.39, 0.29) is 36.0 Å². The van der Waals surface area contributed by atoms with Gasteiger partial charge in [0, 0.05) is 12.6 Å². The molecule has 182 valence electrons. The number of rotatable bonds is 9. The third-order valence-electron chi connectivity index (χ3n) is 5.21. The molecule has 0 aliphatic rings. The third kappa shape index (κ3) is 5.17. The number of aromatic nitrogens is 4. The molecule has 2 heterocycles. The number of ether oxygens (including phenoxy) is 2. The Labute approximate surface area is 198 Å². The van der Waals surface area contributed by atoms with Crippen LogP contribution in [0.1, 0.15) is 5.56 Å². The van der Waals surface area contributed by atoms with Gasteiger partial charge in [-0.1, -0.05) is 12.1 Å². The molecule has 4 rings (SSSR count). The zero-order valence-corrected chi connectivity index (χ0v) is 19.0. The number of nitrogens with zero attached hydrogens (tertiary/aromatic N) is 4. The van der Waals surface area contributed by atoms with Crippen LogP contribution in [-0.4, -0.2) is 55.4 Å². The lowest BCUT2D eigenvalue weighted by molar-refractivity contribution is 0.0938. The number of phenolic OH excluding ortho intramolecular Hbond substituents is 1. The monoisotopic (exact) mass is 480 g/mol. The third-order valence-corrected chi connectivity index (χ3v) is 5.21. The number of hydrazone groups is 1. The first-order chi connectivity index (χ1) is 16.9. The van der Waals surface area contributed by atoms with Crippen LogP contribution < -0.4 is 26.1 Å². The van der Waals surface area contributed by atoms with Crippen LogP contribution in [0.3, 0.4) is 0 Å². The number of aryl methyl sites for hydroxylation is 1. The molecule has 4 N–H and O–H groups in total. The summed E-state index contributed by atoms with van der Waals surface area (Å²) in [5.74, 6) is 1.36. The van der Waals surface area contributed by atoms with Gasteiger partial charge in [0.1, 0.15) is 30.0 Å². The number of phenols is 1. The molecule has 1 atom stereocenters. The number of aromatic amines is 1. The molecular formula is C23H24N6O6. The quantitative estimate of drug-likeness (QED) is 0.204. The van der Waals surface area contributed by atoms with Gasteiger partial charge in [-0.3, -0.25) is 14.3 Å². The number of aliphatic hydroxyl groups excluding tert-OH is 1. The molecule has 12 nitrogen and oxygen atoms in total. The summed E-state index contributed by atoms with van der Waals surface area (Å²) in [6, 6.07) is 13.5. The average molecular weight is 480 g/mol. The highest BCUT2D eigenvalue weighted by atomic mass is 16.5. The Hall–Kier alpha value is -4.58. The van der Waals surface area contributed by atoms with E-state index in [0.717, 1.165) is 0 Å². The van der Waals surface area contributed by atoms with Crippen LogP contribution in [0, 0.1) is 0 Å². The number of nitrogens with one attached hydrogen (secondary N) is 2. The number of aliphatic hydroxyl groups is 1. The number of methoxy groups -OCH3 is 1. The number of H-pyrrole nitrogens is 1. The molecule has 0 aliphatic carbocycles. The predicted octanol–water partition coefficient (Wildman–Crippen LogP) is 1.02. The number of benzene rings is 2. The van der Waals surface area contributed by atoms with Crippen LogP contribution in [0.4, 0.5) is 5.95 Å². The van der Waals surface area contributed by atoms with Gasteiger partial charge in [0.2, 0.25) is 5.95 Å². The molecule has 4 aromatic rings. The fraction of sp³-hybridized carbons (Fsp3) is 0.217. The Morgan fingerprint density at radius 2 is 1.89 bits per heavy atom. The second-order valence-electron chi connectivity index (χ2n) is 7.61. The van der Waals surface area contributed by atoms with E-state index >= 15 is 0 Å². The van der Waals surface area contributed by atoms with Gasteiger partial charge >= 0.3 is 5.69 Å². The molecule has 0 spiro atoms. The molecule has 35 heavy (non-hydrogen) atoms. The van der Waals surface area contributed by atoms with Crippen LogP contribution in [0.2, 0.25) is 0 Å². The molecule has 0 amide bonds. The zero-order valence-electron chi connectivity index (χ0n) is 19.0. The second-order valence-corrected chi connectivity index (χ2v) is 7.61. The smallest absolute Gasteiger partial charge is 0.329 e. The molecule has 0 saturated heterocycles. The van der Waals surface area contributed by atoms with Crippen molar-refractivity contribution in [1.82, 2.24) is 19.1 Å². The van der Waals surface area contributed by atoms with Crippen molar-refractivity contribution in [2.45, 2.75) is 12.6 Å². The molecule has 0 radical (unpaired) electrons. The summed E-state index contributed by atoms with van der Waals surface area (Å²) in [6.45, 7) is -0.154. The Kier molecular flexibility index (Phi) is 6.83. The van der Waals surface area contributed by atoms with Crippen molar-refractivity contribution < 1.29 is 19.7 Å². The zero-order chi connectivity index (χ0) is 24.9. The van der Waals surface area contributed by atoms with Crippen molar-refractivity contribution in [3.8, 4) is 17.2 Å². The Morgan fingerprint density at radius 3 is 2.60 bits per heavy atom. The summed E-state index contributed by atoms with van der Waals surface area (Å²) < 4.78 is 13.3. The van der Waals surface area contributed by atoms with Crippen LogP contribution in [0.25, 0.3) is 11.2 Å². The SMILES string of the molecule is COc1ccc(OCC(O)Cn2c(NN=Cc3ccccc3O)nc3c2c(=O)[nH]c(=O)n3C)cc1. The first kappa shape index (κ1) is 23.6. The molecule has 12 heteroatoms. The van der Waals surface area contributed by atoms with Crippen LogP contribution >= 0.6 is 0 Å². The Bertz CT molecular complexity index is 1470. The summed E-state index contributed by atoms with van der Waals surface area (Å²) in [5.41, 5.74) is 2.09. The van der Waals surface area contributed by atoms with Gasteiger partial charge in [0.25, 0.3) is 5.56 Å². The molecule has 0 aliphatic heterocycles. The van der Waals surface area contributed by atoms with Gasteiger partial charge in [-0.2, -0.15) is 10.1 Å². The van der Waals surface area contributed by atoms with Crippen molar-refractivity contribution in [3.05, 3.63) is 74.9 Å². The van der Waals surface area contributed by atoms with E-state index in [1.807, 2.05) is 0 Å². The van der Waals surface area contributed by atoms with Crippen LogP contribution in [0.5, 0.6) is 17.2 Å². The number of imidazole rings is 1. The van der Waals surface area contributed by atoms with Gasteiger partial charge in [-0.25, -0.2) is 10.2 Å². The first-order valence-electron chi connectivity index (χ1n) is 10.6. The van der Waals surface area contributed by atoms with Crippen molar-refractivity contribution in [1.29, 1.82) is 0 Å². The summed E-state index contributed by atoms with van der Waals surface area (Å²) in [6.07, 6.45) is 0.347. The maximum atomic E-state index is 12.6. The van der Waals surface area contributed by atoms with Gasteiger partial charge in [-0.05, 0) is 36.4 Å². The highest BCUT2D eigenvalue weighted by Gasteiger charge is 2.20. The number of anilines is 1. The van der Waals surface area contributed by atoms with Crippen molar-refractivity contribution in [2.75, 3.05) is 19.1 Å². The van der Waals surface area contributed by atoms with Gasteiger partial charge in [0.05, 0.1) is 19.9 Å². The lowest BCUT2D eigenvalue weighted by Crippen LogP contribution is -2.30. The maximum Gasteiger partial charge on any atom is 0.329 e. The summed E-state index contributed by atoms with van der Waals surface area (Å²) >= 11 is 0. The molecule has 1 unspecified atom stereocenters. The fourth-order valence-electron chi connectivity index (χ4n) is 3.38. The standard InChI is InChI=1S/C23H24N6O6/c1-28-20-19(21(32)26-23(28)33)29(12-15(30)13-35-17-9-7-16(34-2)8-10-17)22(25-20)27-24-11-14-5-3-4-6-18(14)31/h3-11,15,30-31H,12-13H2,1-2H3,(H,25,27)(H,26,32,33). The number of aromatic hydroxyl groups is 1. The summed E-state index contributed by atoms with van der Waals surface area (Å²) in [5, 5.41) is 24.6. The minimum atomic E-state index is -1.03. The first-order valence-corrected chi connectivity index (χ1v) is 10.6. The van der Waals surface area contributed by atoms with Crippen LogP contribution in [-0.2, 0) is 13.6 Å². The Morgan fingerprint density at radius 1 is 1.17 bits per heavy atom. The minimum absolute atomic E-state index is 0.0384. The summed E-state index contributed by atoms with van der Waals surface area (Å²) in [7, 11) is 3.03. The number of fused-ring (bicyclic) bond motifs is 1. The normalized spacial score (nSPS) is 12.2. The minimum Gasteiger partial charge on any atom is -0.507 e. The predicted molar refractivity (Wildman–Crippen MR) is 129 cm³/mol. The van der Waals surface area contributed by atoms with E-state index in [1.54, 1.807) is 49.6 Å².